The number of aryl methyl sites for hydroxylation is 1. The number of nitrogens with zero attached hydrogens (tertiary/aromatic N) is 2. The highest BCUT2D eigenvalue weighted by molar-refractivity contribution is 7.66. The molecule has 0 radical (unpaired) electrons. The molecule has 1 aliphatic rings. The highest BCUT2D eigenvalue weighted by Crippen LogP contribution is 2.66. The fourth-order valence-corrected chi connectivity index (χ4v) is 5.89. The summed E-state index contributed by atoms with van der Waals surface area (Å²) < 4.78 is 52.8. The van der Waals surface area contributed by atoms with E-state index in [9.17, 15) is 23.7 Å². The zero-order valence-electron chi connectivity index (χ0n) is 15.3. The fraction of sp³-hybridized carbons (Fsp3) is 0.462. The van der Waals surface area contributed by atoms with Crippen LogP contribution in [0.25, 0.3) is 11.0 Å². The Labute approximate surface area is 169 Å². The van der Waals surface area contributed by atoms with Crippen LogP contribution in [-0.2, 0) is 31.6 Å². The van der Waals surface area contributed by atoms with E-state index in [4.69, 9.17) is 19.4 Å². The van der Waals surface area contributed by atoms with Crippen molar-refractivity contribution >= 4 is 34.5 Å². The van der Waals surface area contributed by atoms with Gasteiger partial charge in [0, 0.05) is 23.7 Å². The van der Waals surface area contributed by atoms with E-state index in [1.165, 1.54) is 0 Å². The first-order chi connectivity index (χ1) is 13.7. The lowest BCUT2D eigenvalue weighted by Gasteiger charge is -2.19. The van der Waals surface area contributed by atoms with Gasteiger partial charge in [-0.1, -0.05) is 0 Å². The van der Waals surface area contributed by atoms with Gasteiger partial charge < -0.3 is 34.0 Å². The molecular weight excluding hydrogens is 469 g/mol. The van der Waals surface area contributed by atoms with Gasteiger partial charge >= 0.3 is 23.5 Å². The first-order valence-electron chi connectivity index (χ1n) is 8.31. The fourth-order valence-electron chi connectivity index (χ4n) is 2.86. The number of rotatable bonds is 8. The van der Waals surface area contributed by atoms with E-state index in [0.717, 1.165) is 11.1 Å². The predicted molar refractivity (Wildman–Crippen MR) is 98.8 cm³/mol. The Morgan fingerprint density at radius 3 is 2.50 bits per heavy atom. The van der Waals surface area contributed by atoms with Gasteiger partial charge in [0.25, 0.3) is 0 Å². The normalized spacial score (nSPS) is 26.5. The molecule has 5 atom stereocenters. The average Bonchev–Trinajstić information content (AvgIpc) is 3.12. The van der Waals surface area contributed by atoms with Gasteiger partial charge in [-0.05, 0) is 25.1 Å². The zero-order valence-corrected chi connectivity index (χ0v) is 18.0. The summed E-state index contributed by atoms with van der Waals surface area (Å²) in [6.45, 7) is 1.08. The highest BCUT2D eigenvalue weighted by Gasteiger charge is 2.42. The number of hydrogen-bond acceptors (Lipinski definition) is 9. The largest absolute Gasteiger partial charge is 0.490 e. The molecule has 1 aliphatic heterocycles. The maximum atomic E-state index is 11.8. The summed E-state index contributed by atoms with van der Waals surface area (Å²) in [5, 5.41) is 11.0. The second kappa shape index (κ2) is 8.51. The Morgan fingerprint density at radius 1 is 1.13 bits per heavy atom. The highest BCUT2D eigenvalue weighted by atomic mass is 31.3. The molecule has 3 rings (SSSR count). The summed E-state index contributed by atoms with van der Waals surface area (Å²) in [6, 6.07) is 5.51. The molecule has 0 amide bonds. The number of ether oxygens (including phenoxy) is 1. The molecule has 5 unspecified atom stereocenters. The first kappa shape index (κ1) is 23.7. The van der Waals surface area contributed by atoms with Crippen molar-refractivity contribution in [2.75, 3.05) is 6.61 Å². The van der Waals surface area contributed by atoms with Crippen molar-refractivity contribution in [2.45, 2.75) is 31.8 Å². The van der Waals surface area contributed by atoms with Crippen LogP contribution >= 0.6 is 23.5 Å². The quantitative estimate of drug-likeness (QED) is 0.333. The van der Waals surface area contributed by atoms with Gasteiger partial charge in [-0.3, -0.25) is 4.52 Å². The molecule has 0 spiro atoms. The number of aliphatic hydroxyl groups excluding tert-OH is 1. The Balaban J connectivity index is 1.64. The maximum absolute atomic E-state index is 11.8. The lowest BCUT2D eigenvalue weighted by molar-refractivity contribution is -0.0421. The van der Waals surface area contributed by atoms with Crippen LogP contribution in [-0.4, -0.2) is 53.0 Å². The number of pyridine rings is 1. The van der Waals surface area contributed by atoms with Crippen LogP contribution < -0.4 is 0 Å². The van der Waals surface area contributed by atoms with Crippen LogP contribution in [0.1, 0.15) is 18.3 Å². The van der Waals surface area contributed by atoms with Crippen molar-refractivity contribution < 1.29 is 56.3 Å². The van der Waals surface area contributed by atoms with Crippen LogP contribution in [0.2, 0.25) is 0 Å². The zero-order chi connectivity index (χ0) is 22.3. The Morgan fingerprint density at radius 2 is 1.83 bits per heavy atom. The predicted octanol–water partition coefficient (Wildman–Crippen LogP) is 1.34. The summed E-state index contributed by atoms with van der Waals surface area (Å²) in [5.41, 5.74) is 1.38. The molecular formula is C13H19N2O12P3. The van der Waals surface area contributed by atoms with Crippen LogP contribution in [0.15, 0.2) is 24.4 Å². The smallest absolute Gasteiger partial charge is 0.390 e. The van der Waals surface area contributed by atoms with Crippen LogP contribution in [0.3, 0.4) is 0 Å². The van der Waals surface area contributed by atoms with E-state index in [1.807, 2.05) is 19.1 Å². The van der Waals surface area contributed by atoms with Crippen molar-refractivity contribution in [3.8, 4) is 0 Å². The van der Waals surface area contributed by atoms with E-state index in [-0.39, 0.29) is 6.42 Å². The van der Waals surface area contributed by atoms with Crippen LogP contribution in [0.4, 0.5) is 0 Å². The van der Waals surface area contributed by atoms with E-state index in [2.05, 4.69) is 18.1 Å². The van der Waals surface area contributed by atoms with Gasteiger partial charge in [0.15, 0.2) is 0 Å². The summed E-state index contributed by atoms with van der Waals surface area (Å²) in [5.74, 6) is 0. The minimum Gasteiger partial charge on any atom is -0.390 e. The molecule has 1 saturated heterocycles. The second-order valence-corrected chi connectivity index (χ2v) is 10.8. The van der Waals surface area contributed by atoms with Crippen LogP contribution in [0, 0.1) is 6.92 Å². The van der Waals surface area contributed by atoms with Crippen molar-refractivity contribution in [1.29, 1.82) is 0 Å². The Hall–Kier alpha value is -0.980. The summed E-state index contributed by atoms with van der Waals surface area (Å²) >= 11 is 0. The molecule has 3 heterocycles. The molecule has 14 nitrogen and oxygen atoms in total. The minimum atomic E-state index is -5.61. The van der Waals surface area contributed by atoms with Crippen molar-refractivity contribution in [3.05, 3.63) is 30.1 Å². The summed E-state index contributed by atoms with van der Waals surface area (Å²) in [6.07, 6.45) is -1.09. The summed E-state index contributed by atoms with van der Waals surface area (Å²) in [4.78, 5) is 40.1. The number of aliphatic hydroxyl groups is 1. The topological polar surface area (TPSA) is 207 Å². The van der Waals surface area contributed by atoms with Gasteiger partial charge in [-0.15, -0.1) is 0 Å². The molecule has 0 aromatic carbocycles. The van der Waals surface area contributed by atoms with Gasteiger partial charge in [0.2, 0.25) is 0 Å². The van der Waals surface area contributed by atoms with E-state index < -0.39 is 48.5 Å². The van der Waals surface area contributed by atoms with Crippen molar-refractivity contribution in [3.63, 3.8) is 0 Å². The lowest BCUT2D eigenvalue weighted by Crippen LogP contribution is -2.26. The standard InChI is InChI=1S/C13H19N2O12P3/c1-8-2-3-9-4-5-15(13(9)14-8)12-6-10(16)11(25-12)7-24-29(20,21)27-30(22,23)26-28(17,18)19/h2-5,10-12,16H,6-7H2,1H3,(H,20,21)(H,22,23)(H2,17,18,19). The third-order valence-corrected chi connectivity index (χ3v) is 7.84. The first-order valence-corrected chi connectivity index (χ1v) is 12.8. The number of aromatic nitrogens is 2. The maximum Gasteiger partial charge on any atom is 0.490 e. The number of hydrogen-bond donors (Lipinski definition) is 5. The molecule has 17 heteroatoms. The Kier molecular flexibility index (Phi) is 6.72. The molecule has 2 aromatic heterocycles. The van der Waals surface area contributed by atoms with Gasteiger partial charge in [0.1, 0.15) is 18.0 Å². The molecule has 5 N–H and O–H groups in total. The average molecular weight is 488 g/mol. The van der Waals surface area contributed by atoms with Crippen LogP contribution in [0.5, 0.6) is 0 Å². The van der Waals surface area contributed by atoms with Crippen molar-refractivity contribution in [2.24, 2.45) is 0 Å². The third-order valence-electron chi connectivity index (χ3n) is 4.04. The molecule has 0 bridgehead atoms. The molecule has 30 heavy (non-hydrogen) atoms. The molecule has 0 aliphatic carbocycles. The number of phosphoric ester groups is 1. The van der Waals surface area contributed by atoms with Gasteiger partial charge in [-0.25, -0.2) is 18.7 Å². The minimum absolute atomic E-state index is 0.101. The lowest BCUT2D eigenvalue weighted by atomic mass is 10.2. The molecule has 2 aromatic rings. The van der Waals surface area contributed by atoms with E-state index >= 15 is 0 Å². The van der Waals surface area contributed by atoms with Crippen molar-refractivity contribution in [1.82, 2.24) is 9.55 Å². The second-order valence-electron chi connectivity index (χ2n) is 6.41. The third kappa shape index (κ3) is 6.04. The van der Waals surface area contributed by atoms with E-state index in [1.54, 1.807) is 16.8 Å². The number of fused-ring (bicyclic) bond motifs is 1. The monoisotopic (exact) mass is 488 g/mol. The van der Waals surface area contributed by atoms with E-state index in [0.29, 0.717) is 5.65 Å². The molecule has 168 valence electrons. The molecule has 0 saturated carbocycles. The Bertz CT molecular complexity index is 1070. The summed E-state index contributed by atoms with van der Waals surface area (Å²) in [7, 11) is -16.4. The van der Waals surface area contributed by atoms with Gasteiger partial charge in [-0.2, -0.15) is 8.62 Å². The number of phosphoric acid groups is 3. The SMILES string of the molecule is Cc1ccc2ccn(C3CC(O)C(COP(=O)(O)OP(=O)(O)OP(=O)(O)O)O3)c2n1. The van der Waals surface area contributed by atoms with Gasteiger partial charge in [0.05, 0.1) is 12.7 Å². The molecule has 1 fully saturated rings.